The first-order chi connectivity index (χ1) is 15.4. The molecule has 0 aliphatic carbocycles. The molecule has 1 heterocycles. The van der Waals surface area contributed by atoms with Gasteiger partial charge in [0.05, 0.1) is 25.7 Å². The fourth-order valence-electron chi connectivity index (χ4n) is 3.16. The summed E-state index contributed by atoms with van der Waals surface area (Å²) in [6.45, 7) is 1.32. The average molecular weight is 506 g/mol. The van der Waals surface area contributed by atoms with Crippen molar-refractivity contribution in [2.75, 3.05) is 19.8 Å². The molecule has 2 aromatic carbocycles. The summed E-state index contributed by atoms with van der Waals surface area (Å²) in [6.07, 6.45) is -4.10. The summed E-state index contributed by atoms with van der Waals surface area (Å²) in [5.41, 5.74) is 1.27. The number of aliphatic hydroxyl groups excluding tert-OH is 4. The molecule has 1 aliphatic rings. The molecular weight excluding hydrogens is 472 g/mol. The van der Waals surface area contributed by atoms with Crippen LogP contribution in [0, 0.1) is 5.92 Å². The van der Waals surface area contributed by atoms with E-state index in [0.717, 1.165) is 19.3 Å². The first kappa shape index (κ1) is 29.5. The van der Waals surface area contributed by atoms with Crippen molar-refractivity contribution < 1.29 is 56.5 Å². The Balaban J connectivity index is 0.000000799. The third-order valence-corrected chi connectivity index (χ3v) is 5.15. The predicted molar refractivity (Wildman–Crippen MR) is 117 cm³/mol. The second kappa shape index (κ2) is 16.1. The van der Waals surface area contributed by atoms with E-state index in [9.17, 15) is 20.1 Å². The first-order valence-electron chi connectivity index (χ1n) is 10.9. The van der Waals surface area contributed by atoms with E-state index in [1.807, 2.05) is 42.5 Å². The van der Waals surface area contributed by atoms with E-state index in [4.69, 9.17) is 19.3 Å². The SMILES string of the molecule is C[C@H](COC1O[C@H](CO)[C@@H](O)[C@H](O)[C@@H]1O)C(=O)OCCCCc1ccc[cH-]1.[Fe+2].c1cc[cH-]c1. The van der Waals surface area contributed by atoms with Crippen molar-refractivity contribution in [3.05, 3.63) is 60.2 Å². The Bertz CT molecular complexity index is 702. The molecule has 8 nitrogen and oxygen atoms in total. The van der Waals surface area contributed by atoms with Crippen LogP contribution in [0.2, 0.25) is 0 Å². The van der Waals surface area contributed by atoms with Crippen LogP contribution in [-0.4, -0.2) is 76.9 Å². The molecular formula is C24H34FeO8. The Hall–Kier alpha value is -1.55. The van der Waals surface area contributed by atoms with Crippen LogP contribution in [0.5, 0.6) is 0 Å². The van der Waals surface area contributed by atoms with E-state index in [1.54, 1.807) is 6.92 Å². The Labute approximate surface area is 205 Å². The van der Waals surface area contributed by atoms with Gasteiger partial charge in [0, 0.05) is 0 Å². The summed E-state index contributed by atoms with van der Waals surface area (Å²) in [6, 6.07) is 18.1. The molecule has 1 aliphatic heterocycles. The Morgan fingerprint density at radius 2 is 1.82 bits per heavy atom. The molecule has 4 N–H and O–H groups in total. The van der Waals surface area contributed by atoms with Gasteiger partial charge >= 0.3 is 23.0 Å². The quantitative estimate of drug-likeness (QED) is 0.164. The number of esters is 1. The zero-order valence-electron chi connectivity index (χ0n) is 18.7. The third kappa shape index (κ3) is 10.1. The molecule has 33 heavy (non-hydrogen) atoms. The summed E-state index contributed by atoms with van der Waals surface area (Å²) in [5, 5.41) is 38.5. The van der Waals surface area contributed by atoms with Gasteiger partial charge in [-0.1, -0.05) is 6.42 Å². The van der Waals surface area contributed by atoms with Crippen LogP contribution in [0.4, 0.5) is 0 Å². The zero-order chi connectivity index (χ0) is 23.3. The fraction of sp³-hybridized carbons (Fsp3) is 0.542. The Morgan fingerprint density at radius 3 is 2.39 bits per heavy atom. The molecule has 0 aromatic heterocycles. The molecule has 0 saturated carbocycles. The third-order valence-electron chi connectivity index (χ3n) is 5.15. The van der Waals surface area contributed by atoms with Crippen LogP contribution in [0.3, 0.4) is 0 Å². The van der Waals surface area contributed by atoms with Crippen LogP contribution in [0.1, 0.15) is 25.3 Å². The fourth-order valence-corrected chi connectivity index (χ4v) is 3.16. The molecule has 0 spiro atoms. The van der Waals surface area contributed by atoms with Crippen LogP contribution in [-0.2, 0) is 42.5 Å². The van der Waals surface area contributed by atoms with Gasteiger partial charge in [-0.05, 0) is 19.8 Å². The van der Waals surface area contributed by atoms with Crippen molar-refractivity contribution in [2.24, 2.45) is 5.92 Å². The molecule has 186 valence electrons. The summed E-state index contributed by atoms with van der Waals surface area (Å²) in [4.78, 5) is 12.0. The molecule has 2 aromatic rings. The number of carbonyl (C=O) groups is 1. The molecule has 6 atom stereocenters. The van der Waals surface area contributed by atoms with E-state index in [0.29, 0.717) is 6.61 Å². The monoisotopic (exact) mass is 506 g/mol. The number of hydrogen-bond acceptors (Lipinski definition) is 8. The molecule has 1 fully saturated rings. The van der Waals surface area contributed by atoms with Gasteiger partial charge in [-0.3, -0.25) is 4.79 Å². The minimum atomic E-state index is -1.51. The van der Waals surface area contributed by atoms with Gasteiger partial charge in [-0.25, -0.2) is 24.3 Å². The van der Waals surface area contributed by atoms with E-state index in [2.05, 4.69) is 12.1 Å². The van der Waals surface area contributed by atoms with Gasteiger partial charge in [0.25, 0.3) is 0 Å². The maximum Gasteiger partial charge on any atom is 2.00 e. The predicted octanol–water partition coefficient (Wildman–Crippen LogP) is 1.13. The number of unbranched alkanes of at least 4 members (excludes halogenated alkanes) is 1. The summed E-state index contributed by atoms with van der Waals surface area (Å²) >= 11 is 0. The van der Waals surface area contributed by atoms with Gasteiger partial charge in [0.1, 0.15) is 24.4 Å². The molecule has 1 saturated heterocycles. The maximum absolute atomic E-state index is 12.0. The van der Waals surface area contributed by atoms with E-state index in [-0.39, 0.29) is 23.7 Å². The summed E-state index contributed by atoms with van der Waals surface area (Å²) in [7, 11) is 0. The second-order valence-electron chi connectivity index (χ2n) is 7.81. The van der Waals surface area contributed by atoms with Crippen LogP contribution in [0.15, 0.2) is 54.6 Å². The number of aliphatic hydroxyl groups is 4. The average Bonchev–Trinajstić information content (AvgIpc) is 3.53. The van der Waals surface area contributed by atoms with E-state index < -0.39 is 49.2 Å². The summed E-state index contributed by atoms with van der Waals surface area (Å²) in [5.74, 6) is -1.01. The molecule has 1 unspecified atom stereocenters. The minimum absolute atomic E-state index is 0. The largest absolute Gasteiger partial charge is 2.00 e. The Kier molecular flexibility index (Phi) is 14.4. The molecule has 0 radical (unpaired) electrons. The van der Waals surface area contributed by atoms with Crippen molar-refractivity contribution in [1.82, 2.24) is 0 Å². The number of rotatable bonds is 10. The first-order valence-corrected chi connectivity index (χ1v) is 10.9. The van der Waals surface area contributed by atoms with E-state index >= 15 is 0 Å². The normalized spacial score (nSPS) is 25.3. The number of ether oxygens (including phenoxy) is 3. The number of hydrogen-bond donors (Lipinski definition) is 4. The topological polar surface area (TPSA) is 126 Å². The van der Waals surface area contributed by atoms with Gasteiger partial charge in [0.2, 0.25) is 0 Å². The summed E-state index contributed by atoms with van der Waals surface area (Å²) < 4.78 is 15.8. The van der Waals surface area contributed by atoms with Gasteiger partial charge in [-0.2, -0.15) is 35.9 Å². The van der Waals surface area contributed by atoms with Crippen molar-refractivity contribution in [1.29, 1.82) is 0 Å². The van der Waals surface area contributed by atoms with Crippen LogP contribution in [0.25, 0.3) is 0 Å². The zero-order valence-corrected chi connectivity index (χ0v) is 19.8. The Morgan fingerprint density at radius 1 is 1.09 bits per heavy atom. The minimum Gasteiger partial charge on any atom is -0.465 e. The standard InChI is InChI=1S/C19H29O8.C5H5.Fe/c1-12(18(24)25-9-5-4-8-13-6-2-3-7-13)11-26-19-17(23)16(22)15(21)14(10-20)27-19;1-2-4-5-3-1;/h2-3,6-7,12,14-17,19-23H,4-5,8-11H2,1H3;1-5H;/q2*-1;+2/t12-,14-,15-,16+,17+,19?;;/m1../s1. The molecule has 3 rings (SSSR count). The van der Waals surface area contributed by atoms with Crippen molar-refractivity contribution >= 4 is 5.97 Å². The maximum atomic E-state index is 12.0. The van der Waals surface area contributed by atoms with Crippen LogP contribution < -0.4 is 0 Å². The molecule has 0 amide bonds. The number of aryl methyl sites for hydroxylation is 1. The molecule has 9 heteroatoms. The second-order valence-corrected chi connectivity index (χ2v) is 7.81. The smallest absolute Gasteiger partial charge is 0.465 e. The van der Waals surface area contributed by atoms with Gasteiger partial charge in [-0.15, -0.1) is 0 Å². The van der Waals surface area contributed by atoms with Crippen molar-refractivity contribution in [3.8, 4) is 0 Å². The van der Waals surface area contributed by atoms with E-state index in [1.165, 1.54) is 5.56 Å². The van der Waals surface area contributed by atoms with Gasteiger partial charge in [0.15, 0.2) is 6.29 Å². The van der Waals surface area contributed by atoms with Gasteiger partial charge < -0.3 is 34.6 Å². The molecule has 0 bridgehead atoms. The van der Waals surface area contributed by atoms with Crippen LogP contribution >= 0.6 is 0 Å². The number of carbonyl (C=O) groups excluding carboxylic acids is 1. The van der Waals surface area contributed by atoms with Crippen molar-refractivity contribution in [3.63, 3.8) is 0 Å². The van der Waals surface area contributed by atoms with Crippen molar-refractivity contribution in [2.45, 2.75) is 56.9 Å².